The Morgan fingerprint density at radius 3 is 2.27 bits per heavy atom. The van der Waals surface area contributed by atoms with Gasteiger partial charge in [0, 0.05) is 6.04 Å². The number of hydrogen-bond donors (Lipinski definition) is 1. The third-order valence-electron chi connectivity index (χ3n) is 4.01. The average molecular weight is 211 g/mol. The number of nitrogens with one attached hydrogen (secondary N) is 1. The van der Waals surface area contributed by atoms with E-state index in [0.717, 1.165) is 17.9 Å². The van der Waals surface area contributed by atoms with Crippen LogP contribution in [0.4, 0.5) is 0 Å². The molecule has 0 aliphatic heterocycles. The second-order valence-corrected chi connectivity index (χ2v) is 6.05. The van der Waals surface area contributed by atoms with E-state index in [1.165, 1.54) is 32.2 Å². The van der Waals surface area contributed by atoms with Crippen LogP contribution in [0.2, 0.25) is 0 Å². The van der Waals surface area contributed by atoms with Gasteiger partial charge in [-0.15, -0.1) is 0 Å². The molecule has 1 nitrogen and oxygen atoms in total. The van der Waals surface area contributed by atoms with Crippen LogP contribution in [0.1, 0.15) is 60.3 Å². The summed E-state index contributed by atoms with van der Waals surface area (Å²) in [6.07, 6.45) is 5.36. The van der Waals surface area contributed by atoms with Gasteiger partial charge < -0.3 is 5.32 Å². The summed E-state index contributed by atoms with van der Waals surface area (Å²) >= 11 is 0. The first kappa shape index (κ1) is 13.0. The summed E-state index contributed by atoms with van der Waals surface area (Å²) in [6.45, 7) is 13.0. The van der Waals surface area contributed by atoms with Crippen molar-refractivity contribution in [2.24, 2.45) is 17.3 Å². The molecule has 0 saturated heterocycles. The molecule has 0 heterocycles. The molecule has 15 heavy (non-hydrogen) atoms. The van der Waals surface area contributed by atoms with Crippen LogP contribution in [-0.4, -0.2) is 12.6 Å². The van der Waals surface area contributed by atoms with Gasteiger partial charge in [-0.2, -0.15) is 0 Å². The van der Waals surface area contributed by atoms with Crippen molar-refractivity contribution in [2.75, 3.05) is 6.54 Å². The molecule has 0 spiro atoms. The maximum Gasteiger partial charge on any atom is 0.0126 e. The lowest BCUT2D eigenvalue weighted by molar-refractivity contribution is 0.295. The smallest absolute Gasteiger partial charge is 0.0126 e. The Morgan fingerprint density at radius 1 is 1.27 bits per heavy atom. The largest absolute Gasteiger partial charge is 0.313 e. The minimum Gasteiger partial charge on any atom is -0.313 e. The molecular weight excluding hydrogens is 182 g/mol. The van der Waals surface area contributed by atoms with Gasteiger partial charge in [-0.1, -0.05) is 41.0 Å². The molecule has 90 valence electrons. The molecule has 1 saturated carbocycles. The Balaban J connectivity index is 2.46. The van der Waals surface area contributed by atoms with Gasteiger partial charge in [0.15, 0.2) is 0 Å². The second-order valence-electron chi connectivity index (χ2n) is 6.05. The van der Waals surface area contributed by atoms with Crippen LogP contribution in [-0.2, 0) is 0 Å². The summed E-state index contributed by atoms with van der Waals surface area (Å²) < 4.78 is 0. The molecule has 1 rings (SSSR count). The third kappa shape index (κ3) is 3.48. The molecule has 3 atom stereocenters. The first-order valence-electron chi connectivity index (χ1n) is 6.76. The van der Waals surface area contributed by atoms with Gasteiger partial charge in [0.25, 0.3) is 0 Å². The highest BCUT2D eigenvalue weighted by molar-refractivity contribution is 5.03. The van der Waals surface area contributed by atoms with Gasteiger partial charge in [-0.3, -0.25) is 0 Å². The Bertz CT molecular complexity index is 186. The Labute approximate surface area is 96.0 Å². The normalized spacial score (nSPS) is 27.4. The summed E-state index contributed by atoms with van der Waals surface area (Å²) in [4.78, 5) is 0. The fourth-order valence-electron chi connectivity index (χ4n) is 2.81. The van der Waals surface area contributed by atoms with Gasteiger partial charge in [-0.05, 0) is 43.1 Å². The molecule has 1 aliphatic carbocycles. The lowest BCUT2D eigenvalue weighted by Crippen LogP contribution is -2.38. The molecule has 1 aliphatic rings. The lowest BCUT2D eigenvalue weighted by Gasteiger charge is -2.26. The molecular formula is C14H29N. The summed E-state index contributed by atoms with van der Waals surface area (Å²) in [5, 5.41) is 3.77. The quantitative estimate of drug-likeness (QED) is 0.674. The topological polar surface area (TPSA) is 12.0 Å². The zero-order chi connectivity index (χ0) is 11.5. The first-order chi connectivity index (χ1) is 7.03. The van der Waals surface area contributed by atoms with E-state index in [-0.39, 0.29) is 0 Å². The van der Waals surface area contributed by atoms with E-state index < -0.39 is 0 Å². The molecule has 1 heteroatoms. The molecule has 0 bridgehead atoms. The van der Waals surface area contributed by atoms with Gasteiger partial charge >= 0.3 is 0 Å². The zero-order valence-electron chi connectivity index (χ0n) is 11.3. The van der Waals surface area contributed by atoms with Crippen LogP contribution < -0.4 is 5.32 Å². The lowest BCUT2D eigenvalue weighted by atomic mass is 9.90. The van der Waals surface area contributed by atoms with E-state index in [4.69, 9.17) is 0 Å². The predicted octanol–water partition coefficient (Wildman–Crippen LogP) is 3.84. The summed E-state index contributed by atoms with van der Waals surface area (Å²) in [5.74, 6) is 1.76. The minimum absolute atomic E-state index is 0.605. The van der Waals surface area contributed by atoms with Crippen molar-refractivity contribution in [3.63, 3.8) is 0 Å². The number of hydrogen-bond acceptors (Lipinski definition) is 1. The van der Waals surface area contributed by atoms with Crippen molar-refractivity contribution in [2.45, 2.75) is 66.3 Å². The van der Waals surface area contributed by atoms with Gasteiger partial charge in [-0.25, -0.2) is 0 Å². The van der Waals surface area contributed by atoms with E-state index >= 15 is 0 Å². The molecule has 1 N–H and O–H groups in total. The minimum atomic E-state index is 0.605. The van der Waals surface area contributed by atoms with Crippen LogP contribution >= 0.6 is 0 Å². The Morgan fingerprint density at radius 2 is 1.87 bits per heavy atom. The fourth-order valence-corrected chi connectivity index (χ4v) is 2.81. The van der Waals surface area contributed by atoms with E-state index in [1.807, 2.05) is 0 Å². The monoisotopic (exact) mass is 211 g/mol. The average Bonchev–Trinajstić information content (AvgIpc) is 2.76. The predicted molar refractivity (Wildman–Crippen MR) is 68.0 cm³/mol. The second kappa shape index (κ2) is 5.34. The number of rotatable bonds is 7. The third-order valence-corrected chi connectivity index (χ3v) is 4.01. The summed E-state index contributed by atoms with van der Waals surface area (Å²) in [5.41, 5.74) is 0.605. The van der Waals surface area contributed by atoms with Crippen molar-refractivity contribution in [3.05, 3.63) is 0 Å². The van der Waals surface area contributed by atoms with Crippen molar-refractivity contribution in [3.8, 4) is 0 Å². The molecule has 0 aromatic rings. The SMILES string of the molecule is CCCNC(C(C)CCC)C1CC1(C)C. The highest BCUT2D eigenvalue weighted by Gasteiger charge is 2.50. The molecule has 0 amide bonds. The van der Waals surface area contributed by atoms with Crippen molar-refractivity contribution >= 4 is 0 Å². The van der Waals surface area contributed by atoms with E-state index in [2.05, 4.69) is 39.9 Å². The maximum absolute atomic E-state index is 3.77. The Hall–Kier alpha value is -0.0400. The van der Waals surface area contributed by atoms with E-state index in [1.54, 1.807) is 0 Å². The molecule has 3 unspecified atom stereocenters. The zero-order valence-corrected chi connectivity index (χ0v) is 11.3. The standard InChI is InChI=1S/C14H29N/c1-6-8-11(3)13(15-9-7-2)12-10-14(12,4)5/h11-13,15H,6-10H2,1-5H3. The maximum atomic E-state index is 3.77. The summed E-state index contributed by atoms with van der Waals surface area (Å²) in [6, 6.07) is 0.764. The van der Waals surface area contributed by atoms with Crippen LogP contribution in [0.25, 0.3) is 0 Å². The van der Waals surface area contributed by atoms with Crippen molar-refractivity contribution < 1.29 is 0 Å². The molecule has 1 fully saturated rings. The van der Waals surface area contributed by atoms with E-state index in [9.17, 15) is 0 Å². The van der Waals surface area contributed by atoms with Crippen LogP contribution in [0, 0.1) is 17.3 Å². The van der Waals surface area contributed by atoms with Gasteiger partial charge in [0.1, 0.15) is 0 Å². The van der Waals surface area contributed by atoms with Crippen LogP contribution in [0.15, 0.2) is 0 Å². The van der Waals surface area contributed by atoms with Crippen LogP contribution in [0.5, 0.6) is 0 Å². The highest BCUT2D eigenvalue weighted by Crippen LogP contribution is 2.55. The van der Waals surface area contributed by atoms with Gasteiger partial charge in [0.2, 0.25) is 0 Å². The first-order valence-corrected chi connectivity index (χ1v) is 6.76. The van der Waals surface area contributed by atoms with Gasteiger partial charge in [0.05, 0.1) is 0 Å². The van der Waals surface area contributed by atoms with Crippen LogP contribution in [0.3, 0.4) is 0 Å². The summed E-state index contributed by atoms with van der Waals surface area (Å²) in [7, 11) is 0. The fraction of sp³-hybridized carbons (Fsp3) is 1.00. The van der Waals surface area contributed by atoms with Crippen molar-refractivity contribution in [1.82, 2.24) is 5.32 Å². The van der Waals surface area contributed by atoms with E-state index in [0.29, 0.717) is 5.41 Å². The molecule has 0 aromatic carbocycles. The highest BCUT2D eigenvalue weighted by atomic mass is 14.9. The molecule has 0 radical (unpaired) electrons. The van der Waals surface area contributed by atoms with Crippen molar-refractivity contribution in [1.29, 1.82) is 0 Å². The molecule has 0 aromatic heterocycles. The Kier molecular flexibility index (Phi) is 4.64.